The van der Waals surface area contributed by atoms with Gasteiger partial charge in [0.05, 0.1) is 5.56 Å². The average Bonchev–Trinajstić information content (AvgIpc) is 2.36. The Morgan fingerprint density at radius 1 is 1.26 bits per heavy atom. The molecule has 0 bridgehead atoms. The zero-order valence-corrected chi connectivity index (χ0v) is 12.4. The number of hydrogen-bond donors (Lipinski definition) is 1. The van der Waals surface area contributed by atoms with Crippen LogP contribution in [0.4, 0.5) is 0 Å². The van der Waals surface area contributed by atoms with E-state index < -0.39 is 0 Å². The largest absolute Gasteiger partial charge is 0.460 e. The van der Waals surface area contributed by atoms with E-state index in [0.29, 0.717) is 18.1 Å². The van der Waals surface area contributed by atoms with Crippen LogP contribution in [0.25, 0.3) is 0 Å². The zero-order chi connectivity index (χ0) is 14.3. The number of hydrogen-bond acceptors (Lipinski definition) is 3. The monoisotopic (exact) mass is 263 g/mol. The van der Waals surface area contributed by atoms with Crippen LogP contribution in [0, 0.1) is 5.92 Å². The van der Waals surface area contributed by atoms with Crippen molar-refractivity contribution in [1.82, 2.24) is 5.32 Å². The number of ether oxygens (including phenoxy) is 1. The first-order valence-electron chi connectivity index (χ1n) is 6.88. The molecule has 0 aliphatic rings. The van der Waals surface area contributed by atoms with Crippen LogP contribution >= 0.6 is 0 Å². The van der Waals surface area contributed by atoms with Crippen LogP contribution in [0.5, 0.6) is 0 Å². The summed E-state index contributed by atoms with van der Waals surface area (Å²) in [7, 11) is 0. The van der Waals surface area contributed by atoms with Gasteiger partial charge in [-0.25, -0.2) is 4.79 Å². The molecule has 1 N–H and O–H groups in total. The van der Waals surface area contributed by atoms with Gasteiger partial charge in [0.2, 0.25) is 0 Å². The Morgan fingerprint density at radius 3 is 2.47 bits per heavy atom. The fraction of sp³-hybridized carbons (Fsp3) is 0.562. The van der Waals surface area contributed by atoms with Gasteiger partial charge in [-0.3, -0.25) is 0 Å². The highest BCUT2D eigenvalue weighted by atomic mass is 16.5. The predicted octanol–water partition coefficient (Wildman–Crippen LogP) is 3.26. The van der Waals surface area contributed by atoms with Crippen LogP contribution in [0.15, 0.2) is 30.3 Å². The number of carbonyl (C=O) groups excluding carboxylic acids is 1. The Bertz CT molecular complexity index is 385. The molecular formula is C16H25NO2. The molecule has 1 rings (SSSR count). The van der Waals surface area contributed by atoms with Gasteiger partial charge in [0, 0.05) is 5.54 Å². The molecule has 3 heteroatoms. The molecule has 19 heavy (non-hydrogen) atoms. The van der Waals surface area contributed by atoms with Crippen LogP contribution in [0.3, 0.4) is 0 Å². The normalized spacial score (nSPS) is 11.6. The second-order valence-electron chi connectivity index (χ2n) is 5.94. The van der Waals surface area contributed by atoms with Gasteiger partial charge in [-0.15, -0.1) is 0 Å². The van der Waals surface area contributed by atoms with Crippen LogP contribution in [0.1, 0.15) is 44.5 Å². The Balaban J connectivity index is 2.36. The topological polar surface area (TPSA) is 38.3 Å². The Labute approximate surface area is 116 Å². The van der Waals surface area contributed by atoms with Crippen molar-refractivity contribution in [2.75, 3.05) is 13.2 Å². The highest BCUT2D eigenvalue weighted by Gasteiger charge is 2.19. The second-order valence-corrected chi connectivity index (χ2v) is 5.94. The van der Waals surface area contributed by atoms with Crippen molar-refractivity contribution in [3.05, 3.63) is 35.9 Å². The molecule has 0 spiro atoms. The molecule has 0 aliphatic carbocycles. The Hall–Kier alpha value is -1.35. The summed E-state index contributed by atoms with van der Waals surface area (Å²) in [6.07, 6.45) is 1.12. The van der Waals surface area contributed by atoms with E-state index in [1.807, 2.05) is 32.0 Å². The third-order valence-electron chi connectivity index (χ3n) is 2.90. The molecule has 1 aromatic rings. The average molecular weight is 263 g/mol. The lowest BCUT2D eigenvalue weighted by atomic mass is 10.1. The van der Waals surface area contributed by atoms with Crippen molar-refractivity contribution in [3.8, 4) is 0 Å². The smallest absolute Gasteiger partial charge is 0.338 e. The lowest BCUT2D eigenvalue weighted by molar-refractivity contribution is 0.0399. The summed E-state index contributed by atoms with van der Waals surface area (Å²) in [5.41, 5.74) is 0.403. The SMILES string of the molecule is CC(C)CCNC(C)(C)COC(=O)c1ccccc1. The van der Waals surface area contributed by atoms with Crippen molar-refractivity contribution >= 4 is 5.97 Å². The van der Waals surface area contributed by atoms with Gasteiger partial charge in [-0.1, -0.05) is 32.0 Å². The van der Waals surface area contributed by atoms with E-state index in [1.54, 1.807) is 12.1 Å². The van der Waals surface area contributed by atoms with Crippen molar-refractivity contribution in [1.29, 1.82) is 0 Å². The molecule has 0 saturated carbocycles. The quantitative estimate of drug-likeness (QED) is 0.767. The minimum Gasteiger partial charge on any atom is -0.460 e. The van der Waals surface area contributed by atoms with Crippen LogP contribution in [-0.2, 0) is 4.74 Å². The van der Waals surface area contributed by atoms with E-state index >= 15 is 0 Å². The van der Waals surface area contributed by atoms with Crippen molar-refractivity contribution in [2.24, 2.45) is 5.92 Å². The number of rotatable bonds is 7. The minimum absolute atomic E-state index is 0.195. The molecule has 0 aromatic heterocycles. The second kappa shape index (κ2) is 7.29. The first-order chi connectivity index (χ1) is 8.91. The number of esters is 1. The van der Waals surface area contributed by atoms with E-state index in [9.17, 15) is 4.79 Å². The van der Waals surface area contributed by atoms with Gasteiger partial charge >= 0.3 is 5.97 Å². The van der Waals surface area contributed by atoms with E-state index in [0.717, 1.165) is 13.0 Å². The zero-order valence-electron chi connectivity index (χ0n) is 12.4. The summed E-state index contributed by atoms with van der Waals surface area (Å²) in [6.45, 7) is 9.80. The molecule has 0 saturated heterocycles. The van der Waals surface area contributed by atoms with Gasteiger partial charge in [-0.2, -0.15) is 0 Å². The maximum absolute atomic E-state index is 11.8. The molecule has 0 aliphatic heterocycles. The fourth-order valence-electron chi connectivity index (χ4n) is 1.65. The lowest BCUT2D eigenvalue weighted by Crippen LogP contribution is -2.44. The molecule has 0 amide bonds. The highest BCUT2D eigenvalue weighted by molar-refractivity contribution is 5.89. The number of benzene rings is 1. The first kappa shape index (κ1) is 15.7. The lowest BCUT2D eigenvalue weighted by Gasteiger charge is -2.26. The van der Waals surface area contributed by atoms with Gasteiger partial charge in [0.15, 0.2) is 0 Å². The molecule has 0 heterocycles. The van der Waals surface area contributed by atoms with Crippen LogP contribution in [0.2, 0.25) is 0 Å². The standard InChI is InChI=1S/C16H25NO2/c1-13(2)10-11-17-16(3,4)12-19-15(18)14-8-6-5-7-9-14/h5-9,13,17H,10-12H2,1-4H3. The molecular weight excluding hydrogens is 238 g/mol. The summed E-state index contributed by atoms with van der Waals surface area (Å²) < 4.78 is 5.35. The highest BCUT2D eigenvalue weighted by Crippen LogP contribution is 2.08. The third kappa shape index (κ3) is 6.39. The van der Waals surface area contributed by atoms with Gasteiger partial charge in [-0.05, 0) is 44.9 Å². The van der Waals surface area contributed by atoms with E-state index in [-0.39, 0.29) is 11.5 Å². The van der Waals surface area contributed by atoms with Crippen molar-refractivity contribution in [3.63, 3.8) is 0 Å². The maximum Gasteiger partial charge on any atom is 0.338 e. The van der Waals surface area contributed by atoms with E-state index in [4.69, 9.17) is 4.74 Å². The predicted molar refractivity (Wildman–Crippen MR) is 78.3 cm³/mol. The van der Waals surface area contributed by atoms with Crippen molar-refractivity contribution in [2.45, 2.75) is 39.7 Å². The van der Waals surface area contributed by atoms with Gasteiger partial charge < -0.3 is 10.1 Å². The third-order valence-corrected chi connectivity index (χ3v) is 2.90. The van der Waals surface area contributed by atoms with E-state index in [2.05, 4.69) is 19.2 Å². The summed E-state index contributed by atoms with van der Waals surface area (Å²) in [5, 5.41) is 3.42. The van der Waals surface area contributed by atoms with E-state index in [1.165, 1.54) is 0 Å². The molecule has 0 fully saturated rings. The summed E-state index contributed by atoms with van der Waals surface area (Å²) in [5.74, 6) is 0.412. The minimum atomic E-state index is -0.265. The molecule has 3 nitrogen and oxygen atoms in total. The molecule has 1 aromatic carbocycles. The molecule has 0 unspecified atom stereocenters. The first-order valence-corrected chi connectivity index (χ1v) is 6.88. The van der Waals surface area contributed by atoms with Crippen molar-refractivity contribution < 1.29 is 9.53 Å². The van der Waals surface area contributed by atoms with Gasteiger partial charge in [0.25, 0.3) is 0 Å². The summed E-state index contributed by atoms with van der Waals surface area (Å²) in [4.78, 5) is 11.8. The molecule has 106 valence electrons. The van der Waals surface area contributed by atoms with Crippen LogP contribution < -0.4 is 5.32 Å². The number of carbonyl (C=O) groups is 1. The fourth-order valence-corrected chi connectivity index (χ4v) is 1.65. The van der Waals surface area contributed by atoms with Gasteiger partial charge in [0.1, 0.15) is 6.61 Å². The Kier molecular flexibility index (Phi) is 6.03. The summed E-state index contributed by atoms with van der Waals surface area (Å²) in [6, 6.07) is 9.09. The maximum atomic E-state index is 11.8. The summed E-state index contributed by atoms with van der Waals surface area (Å²) >= 11 is 0. The molecule has 0 atom stereocenters. The Morgan fingerprint density at radius 2 is 1.89 bits per heavy atom. The van der Waals surface area contributed by atoms with Crippen LogP contribution in [-0.4, -0.2) is 24.7 Å². The number of nitrogens with one attached hydrogen (secondary N) is 1. The molecule has 0 radical (unpaired) electrons.